The summed E-state index contributed by atoms with van der Waals surface area (Å²) in [5.74, 6) is 2.59. The van der Waals surface area contributed by atoms with E-state index in [0.717, 1.165) is 12.6 Å². The third kappa shape index (κ3) is 2.10. The quantitative estimate of drug-likeness (QED) is 0.685. The lowest BCUT2D eigenvalue weighted by molar-refractivity contribution is 0.605. The Hall–Kier alpha value is -1.27. The first kappa shape index (κ1) is 8.33. The molecule has 3 nitrogen and oxygen atoms in total. The van der Waals surface area contributed by atoms with Gasteiger partial charge in [0.05, 0.1) is 5.69 Å². The highest BCUT2D eigenvalue weighted by molar-refractivity contribution is 5.03. The summed E-state index contributed by atoms with van der Waals surface area (Å²) in [6, 6.07) is 2.74. The van der Waals surface area contributed by atoms with Gasteiger partial charge in [0.1, 0.15) is 6.54 Å². The van der Waals surface area contributed by atoms with Crippen molar-refractivity contribution in [3.05, 3.63) is 18.0 Å². The molecular weight excluding hydrogens is 162 g/mol. The van der Waals surface area contributed by atoms with Crippen molar-refractivity contribution in [3.63, 3.8) is 0 Å². The number of terminal acetylenes is 1. The van der Waals surface area contributed by atoms with Crippen molar-refractivity contribution in [2.24, 2.45) is 0 Å². The predicted octanol–water partition coefficient (Wildman–Crippen LogP) is 0.768. The van der Waals surface area contributed by atoms with E-state index in [9.17, 15) is 0 Å². The molecule has 0 aromatic carbocycles. The predicted molar refractivity (Wildman–Crippen MR) is 50.9 cm³/mol. The summed E-state index contributed by atoms with van der Waals surface area (Å²) in [7, 11) is 0. The van der Waals surface area contributed by atoms with Gasteiger partial charge in [-0.05, 0) is 18.9 Å². The molecule has 0 radical (unpaired) electrons. The van der Waals surface area contributed by atoms with Crippen LogP contribution >= 0.6 is 0 Å². The van der Waals surface area contributed by atoms with Crippen LogP contribution in [0.15, 0.2) is 12.3 Å². The van der Waals surface area contributed by atoms with Crippen molar-refractivity contribution < 1.29 is 0 Å². The molecule has 0 saturated heterocycles. The van der Waals surface area contributed by atoms with Gasteiger partial charge in [-0.2, -0.15) is 5.10 Å². The number of hydrogen-bond donors (Lipinski definition) is 1. The maximum atomic E-state index is 5.23. The number of nitrogens with zero attached hydrogens (tertiary/aromatic N) is 2. The van der Waals surface area contributed by atoms with Gasteiger partial charge in [0.2, 0.25) is 0 Å². The Morgan fingerprint density at radius 2 is 2.54 bits per heavy atom. The van der Waals surface area contributed by atoms with Crippen LogP contribution in [0.5, 0.6) is 0 Å². The van der Waals surface area contributed by atoms with Gasteiger partial charge < -0.3 is 5.32 Å². The second-order valence-corrected chi connectivity index (χ2v) is 3.34. The summed E-state index contributed by atoms with van der Waals surface area (Å²) < 4.78 is 1.86. The van der Waals surface area contributed by atoms with Crippen LogP contribution in [0.1, 0.15) is 18.5 Å². The Morgan fingerprint density at radius 3 is 3.23 bits per heavy atom. The largest absolute Gasteiger partial charge is 0.308 e. The van der Waals surface area contributed by atoms with Crippen molar-refractivity contribution in [1.82, 2.24) is 15.1 Å². The highest BCUT2D eigenvalue weighted by atomic mass is 15.3. The Morgan fingerprint density at radius 1 is 1.69 bits per heavy atom. The molecule has 0 bridgehead atoms. The second kappa shape index (κ2) is 3.63. The monoisotopic (exact) mass is 175 g/mol. The molecule has 1 aromatic rings. The van der Waals surface area contributed by atoms with Crippen LogP contribution in [-0.2, 0) is 13.1 Å². The molecule has 0 unspecified atom stereocenters. The maximum absolute atomic E-state index is 5.23. The molecule has 1 N–H and O–H groups in total. The number of rotatable bonds is 4. The highest BCUT2D eigenvalue weighted by Crippen LogP contribution is 2.19. The minimum absolute atomic E-state index is 0.564. The molecule has 0 aliphatic heterocycles. The molecule has 1 aliphatic carbocycles. The first-order chi connectivity index (χ1) is 6.40. The minimum atomic E-state index is 0.564. The van der Waals surface area contributed by atoms with Gasteiger partial charge in [0.15, 0.2) is 0 Å². The van der Waals surface area contributed by atoms with E-state index in [2.05, 4.69) is 16.3 Å². The van der Waals surface area contributed by atoms with Crippen LogP contribution in [0, 0.1) is 12.3 Å². The Kier molecular flexibility index (Phi) is 2.33. The molecule has 0 atom stereocenters. The lowest BCUT2D eigenvalue weighted by atomic mass is 10.4. The fourth-order valence-electron chi connectivity index (χ4n) is 1.28. The number of aromatic nitrogens is 2. The van der Waals surface area contributed by atoms with Gasteiger partial charge in [0.25, 0.3) is 0 Å². The molecule has 1 heterocycles. The zero-order chi connectivity index (χ0) is 9.10. The summed E-state index contributed by atoms with van der Waals surface area (Å²) in [5, 5.41) is 7.57. The molecule has 13 heavy (non-hydrogen) atoms. The van der Waals surface area contributed by atoms with Crippen LogP contribution in [0.2, 0.25) is 0 Å². The molecule has 1 fully saturated rings. The van der Waals surface area contributed by atoms with Crippen molar-refractivity contribution >= 4 is 0 Å². The van der Waals surface area contributed by atoms with E-state index in [1.807, 2.05) is 10.7 Å². The Bertz CT molecular complexity index is 317. The van der Waals surface area contributed by atoms with E-state index >= 15 is 0 Å². The van der Waals surface area contributed by atoms with Gasteiger partial charge in [-0.25, -0.2) is 0 Å². The van der Waals surface area contributed by atoms with E-state index in [1.165, 1.54) is 18.5 Å². The molecule has 2 rings (SSSR count). The van der Waals surface area contributed by atoms with Gasteiger partial charge in [-0.15, -0.1) is 6.42 Å². The second-order valence-electron chi connectivity index (χ2n) is 3.34. The third-order valence-corrected chi connectivity index (χ3v) is 2.19. The van der Waals surface area contributed by atoms with Gasteiger partial charge in [0, 0.05) is 18.8 Å². The SMILES string of the molecule is C#CCn1nccc1CNC1CC1. The summed E-state index contributed by atoms with van der Waals surface area (Å²) in [6.45, 7) is 1.45. The molecule has 1 aliphatic rings. The first-order valence-electron chi connectivity index (χ1n) is 4.57. The lowest BCUT2D eigenvalue weighted by Crippen LogP contribution is -2.18. The normalized spacial score (nSPS) is 15.6. The molecule has 3 heteroatoms. The number of hydrogen-bond acceptors (Lipinski definition) is 2. The molecule has 0 amide bonds. The van der Waals surface area contributed by atoms with E-state index < -0.39 is 0 Å². The summed E-state index contributed by atoms with van der Waals surface area (Å²) >= 11 is 0. The molecular formula is C10H13N3. The smallest absolute Gasteiger partial charge is 0.102 e. The molecule has 1 saturated carbocycles. The average molecular weight is 175 g/mol. The highest BCUT2D eigenvalue weighted by Gasteiger charge is 2.20. The zero-order valence-electron chi connectivity index (χ0n) is 7.53. The molecule has 68 valence electrons. The van der Waals surface area contributed by atoms with E-state index in [-0.39, 0.29) is 0 Å². The maximum Gasteiger partial charge on any atom is 0.102 e. The van der Waals surface area contributed by atoms with Crippen molar-refractivity contribution in [3.8, 4) is 12.3 Å². The van der Waals surface area contributed by atoms with Crippen molar-refractivity contribution in [2.45, 2.75) is 32.0 Å². The van der Waals surface area contributed by atoms with E-state index in [1.54, 1.807) is 6.20 Å². The van der Waals surface area contributed by atoms with Crippen LogP contribution in [-0.4, -0.2) is 15.8 Å². The van der Waals surface area contributed by atoms with Gasteiger partial charge in [-0.3, -0.25) is 4.68 Å². The molecule has 1 aromatic heterocycles. The summed E-state index contributed by atoms with van der Waals surface area (Å²) in [4.78, 5) is 0. The minimum Gasteiger partial charge on any atom is -0.308 e. The van der Waals surface area contributed by atoms with E-state index in [4.69, 9.17) is 6.42 Å². The third-order valence-electron chi connectivity index (χ3n) is 2.19. The summed E-state index contributed by atoms with van der Waals surface area (Å²) in [6.07, 6.45) is 9.64. The van der Waals surface area contributed by atoms with E-state index in [0.29, 0.717) is 6.54 Å². The van der Waals surface area contributed by atoms with Crippen LogP contribution in [0.3, 0.4) is 0 Å². The fraction of sp³-hybridized carbons (Fsp3) is 0.500. The number of nitrogens with one attached hydrogen (secondary N) is 1. The Labute approximate surface area is 78.1 Å². The standard InChI is InChI=1S/C10H13N3/c1-2-7-13-10(5-6-12-13)8-11-9-3-4-9/h1,5-6,9,11H,3-4,7-8H2. The van der Waals surface area contributed by atoms with Crippen LogP contribution < -0.4 is 5.32 Å². The Balaban J connectivity index is 1.93. The lowest BCUT2D eigenvalue weighted by Gasteiger charge is -2.04. The van der Waals surface area contributed by atoms with Crippen LogP contribution in [0.4, 0.5) is 0 Å². The topological polar surface area (TPSA) is 29.9 Å². The van der Waals surface area contributed by atoms with Crippen molar-refractivity contribution in [1.29, 1.82) is 0 Å². The molecule has 0 spiro atoms. The average Bonchev–Trinajstić information content (AvgIpc) is 2.86. The summed E-state index contributed by atoms with van der Waals surface area (Å²) in [5.41, 5.74) is 1.17. The van der Waals surface area contributed by atoms with Gasteiger partial charge in [-0.1, -0.05) is 5.92 Å². The van der Waals surface area contributed by atoms with Gasteiger partial charge >= 0.3 is 0 Å². The first-order valence-corrected chi connectivity index (χ1v) is 4.57. The zero-order valence-corrected chi connectivity index (χ0v) is 7.53. The van der Waals surface area contributed by atoms with Crippen LogP contribution in [0.25, 0.3) is 0 Å². The fourth-order valence-corrected chi connectivity index (χ4v) is 1.28. The van der Waals surface area contributed by atoms with Crippen molar-refractivity contribution in [2.75, 3.05) is 0 Å².